The van der Waals surface area contributed by atoms with Crippen molar-refractivity contribution < 1.29 is 0 Å². The zero-order valence-corrected chi connectivity index (χ0v) is 14.7. The molecule has 0 spiro atoms. The maximum absolute atomic E-state index is 8.27. The van der Waals surface area contributed by atoms with Crippen LogP contribution in [0.1, 0.15) is 22.6 Å². The largest absolute Gasteiger partial charge is 0.345 e. The molecule has 1 aromatic heterocycles. The van der Waals surface area contributed by atoms with Gasteiger partial charge in [-0.2, -0.15) is 5.26 Å². The third-order valence-electron chi connectivity index (χ3n) is 3.17. The SMILES string of the molecule is Cl.ClCc1cnc(Cc2ccccc2)[nH]1.N#CCc1ccccc1. The fourth-order valence-electron chi connectivity index (χ4n) is 2.04. The van der Waals surface area contributed by atoms with Crippen LogP contribution in [0.25, 0.3) is 0 Å². The lowest BCUT2D eigenvalue weighted by molar-refractivity contribution is 1.01. The van der Waals surface area contributed by atoms with Crippen molar-refractivity contribution in [2.24, 2.45) is 0 Å². The summed E-state index contributed by atoms with van der Waals surface area (Å²) in [5.74, 6) is 1.45. The molecule has 124 valence electrons. The molecule has 3 nitrogen and oxygen atoms in total. The molecule has 3 aromatic rings. The number of aromatic amines is 1. The Labute approximate surface area is 153 Å². The van der Waals surface area contributed by atoms with E-state index >= 15 is 0 Å². The predicted octanol–water partition coefficient (Wildman–Crippen LogP) is 4.91. The Hall–Kier alpha value is -2.28. The van der Waals surface area contributed by atoms with Crippen molar-refractivity contribution in [1.29, 1.82) is 5.26 Å². The van der Waals surface area contributed by atoms with E-state index in [-0.39, 0.29) is 12.4 Å². The minimum atomic E-state index is 0. The number of nitrogens with one attached hydrogen (secondary N) is 1. The molecule has 5 heteroatoms. The van der Waals surface area contributed by atoms with Crippen LogP contribution in [0.3, 0.4) is 0 Å². The van der Waals surface area contributed by atoms with E-state index in [0.29, 0.717) is 12.3 Å². The van der Waals surface area contributed by atoms with Crippen LogP contribution in [0.15, 0.2) is 66.9 Å². The first-order valence-corrected chi connectivity index (χ1v) is 7.89. The number of benzene rings is 2. The summed E-state index contributed by atoms with van der Waals surface area (Å²) >= 11 is 5.67. The maximum Gasteiger partial charge on any atom is 0.110 e. The Kier molecular flexibility index (Phi) is 9.29. The second-order valence-corrected chi connectivity index (χ2v) is 5.24. The number of rotatable bonds is 4. The molecule has 0 saturated heterocycles. The topological polar surface area (TPSA) is 52.5 Å². The standard InChI is InChI=1S/C11H11ClN2.C8H7N.ClH/c12-7-10-8-13-11(14-10)6-9-4-2-1-3-5-9;9-7-6-8-4-2-1-3-5-8;/h1-5,8H,6-7H2,(H,13,14);1-5H,6H2;1H. The molecule has 0 unspecified atom stereocenters. The summed E-state index contributed by atoms with van der Waals surface area (Å²) in [6.07, 6.45) is 3.13. The Bertz CT molecular complexity index is 734. The summed E-state index contributed by atoms with van der Waals surface area (Å²) in [6.45, 7) is 0. The molecular weight excluding hydrogens is 341 g/mol. The number of hydrogen-bond donors (Lipinski definition) is 1. The van der Waals surface area contributed by atoms with Crippen molar-refractivity contribution in [1.82, 2.24) is 9.97 Å². The van der Waals surface area contributed by atoms with Gasteiger partial charge >= 0.3 is 0 Å². The Morgan fingerprint density at radius 1 is 0.958 bits per heavy atom. The second-order valence-electron chi connectivity index (χ2n) is 4.97. The van der Waals surface area contributed by atoms with Gasteiger partial charge < -0.3 is 4.98 Å². The highest BCUT2D eigenvalue weighted by Gasteiger charge is 2.00. The van der Waals surface area contributed by atoms with Crippen LogP contribution in [-0.4, -0.2) is 9.97 Å². The molecule has 1 N–H and O–H groups in total. The zero-order valence-electron chi connectivity index (χ0n) is 13.2. The molecule has 0 aliphatic carbocycles. The molecule has 0 saturated carbocycles. The molecule has 0 aliphatic heterocycles. The van der Waals surface area contributed by atoms with Crippen LogP contribution in [0, 0.1) is 11.3 Å². The van der Waals surface area contributed by atoms with Gasteiger partial charge in [-0.05, 0) is 11.1 Å². The number of nitrogens with zero attached hydrogens (tertiary/aromatic N) is 2. The fourth-order valence-corrected chi connectivity index (χ4v) is 2.18. The van der Waals surface area contributed by atoms with Crippen LogP contribution in [-0.2, 0) is 18.7 Å². The lowest BCUT2D eigenvalue weighted by atomic mass is 10.1. The Morgan fingerprint density at radius 3 is 2.04 bits per heavy atom. The molecule has 3 rings (SSSR count). The second kappa shape index (κ2) is 11.3. The molecular formula is C19H19Cl2N3. The maximum atomic E-state index is 8.27. The fraction of sp³-hybridized carbons (Fsp3) is 0.158. The first-order valence-electron chi connectivity index (χ1n) is 7.35. The minimum absolute atomic E-state index is 0. The molecule has 0 bridgehead atoms. The molecule has 0 aliphatic rings. The van der Waals surface area contributed by atoms with Crippen molar-refractivity contribution in [3.05, 3.63) is 89.5 Å². The smallest absolute Gasteiger partial charge is 0.110 e. The molecule has 0 atom stereocenters. The number of hydrogen-bond acceptors (Lipinski definition) is 2. The molecule has 0 amide bonds. The number of nitriles is 1. The van der Waals surface area contributed by atoms with E-state index < -0.39 is 0 Å². The third kappa shape index (κ3) is 6.87. The van der Waals surface area contributed by atoms with E-state index in [0.717, 1.165) is 23.5 Å². The van der Waals surface area contributed by atoms with Crippen LogP contribution in [0.5, 0.6) is 0 Å². The van der Waals surface area contributed by atoms with E-state index in [2.05, 4.69) is 28.2 Å². The molecule has 2 aromatic carbocycles. The molecule has 0 fully saturated rings. The highest BCUT2D eigenvalue weighted by atomic mass is 35.5. The van der Waals surface area contributed by atoms with Gasteiger partial charge in [-0.3, -0.25) is 0 Å². The van der Waals surface area contributed by atoms with Crippen LogP contribution in [0.4, 0.5) is 0 Å². The normalized spacial score (nSPS) is 9.17. The van der Waals surface area contributed by atoms with Crippen LogP contribution < -0.4 is 0 Å². The van der Waals surface area contributed by atoms with Crippen molar-refractivity contribution in [3.8, 4) is 6.07 Å². The van der Waals surface area contributed by atoms with Crippen molar-refractivity contribution in [2.75, 3.05) is 0 Å². The summed E-state index contributed by atoms with van der Waals surface area (Å²) < 4.78 is 0. The number of alkyl halides is 1. The summed E-state index contributed by atoms with van der Waals surface area (Å²) in [7, 11) is 0. The monoisotopic (exact) mass is 359 g/mol. The van der Waals surface area contributed by atoms with E-state index in [9.17, 15) is 0 Å². The van der Waals surface area contributed by atoms with Gasteiger partial charge in [-0.25, -0.2) is 4.98 Å². The average Bonchev–Trinajstić information content (AvgIpc) is 3.05. The minimum Gasteiger partial charge on any atom is -0.345 e. The predicted molar refractivity (Wildman–Crippen MR) is 100 cm³/mol. The first-order chi connectivity index (χ1) is 11.3. The van der Waals surface area contributed by atoms with Gasteiger partial charge in [-0.1, -0.05) is 60.7 Å². The van der Waals surface area contributed by atoms with Gasteiger partial charge in [0.05, 0.1) is 18.4 Å². The van der Waals surface area contributed by atoms with Gasteiger partial charge in [0.2, 0.25) is 0 Å². The lowest BCUT2D eigenvalue weighted by Crippen LogP contribution is -1.90. The van der Waals surface area contributed by atoms with Gasteiger partial charge in [0, 0.05) is 18.3 Å². The van der Waals surface area contributed by atoms with Gasteiger partial charge in [0.25, 0.3) is 0 Å². The van der Waals surface area contributed by atoms with Crippen molar-refractivity contribution in [2.45, 2.75) is 18.7 Å². The number of H-pyrrole nitrogens is 1. The van der Waals surface area contributed by atoms with E-state index in [4.69, 9.17) is 16.9 Å². The van der Waals surface area contributed by atoms with Crippen LogP contribution >= 0.6 is 24.0 Å². The summed E-state index contributed by atoms with van der Waals surface area (Å²) in [4.78, 5) is 7.41. The van der Waals surface area contributed by atoms with E-state index in [1.807, 2.05) is 48.5 Å². The van der Waals surface area contributed by atoms with Gasteiger partial charge in [0.1, 0.15) is 5.82 Å². The Balaban J connectivity index is 0.000000252. The van der Waals surface area contributed by atoms with Gasteiger partial charge in [-0.15, -0.1) is 24.0 Å². The molecule has 0 radical (unpaired) electrons. The van der Waals surface area contributed by atoms with Crippen molar-refractivity contribution >= 4 is 24.0 Å². The summed E-state index contributed by atoms with van der Waals surface area (Å²) in [5, 5.41) is 8.27. The molecule has 24 heavy (non-hydrogen) atoms. The van der Waals surface area contributed by atoms with Crippen molar-refractivity contribution in [3.63, 3.8) is 0 Å². The zero-order chi connectivity index (χ0) is 16.3. The molecule has 1 heterocycles. The summed E-state index contributed by atoms with van der Waals surface area (Å²) in [5.41, 5.74) is 3.31. The number of aromatic nitrogens is 2. The average molecular weight is 360 g/mol. The number of halogens is 2. The van der Waals surface area contributed by atoms with E-state index in [1.54, 1.807) is 6.20 Å². The highest BCUT2D eigenvalue weighted by Crippen LogP contribution is 2.07. The third-order valence-corrected chi connectivity index (χ3v) is 3.45. The van der Waals surface area contributed by atoms with Gasteiger partial charge in [0.15, 0.2) is 0 Å². The van der Waals surface area contributed by atoms with E-state index in [1.165, 1.54) is 5.56 Å². The Morgan fingerprint density at radius 2 is 1.54 bits per heavy atom. The van der Waals surface area contributed by atoms with Crippen LogP contribution in [0.2, 0.25) is 0 Å². The first kappa shape index (κ1) is 19.8. The number of imidazole rings is 1. The summed E-state index contributed by atoms with van der Waals surface area (Å²) in [6, 6.07) is 22.0. The quantitative estimate of drug-likeness (QED) is 0.672. The lowest BCUT2D eigenvalue weighted by Gasteiger charge is -1.96. The highest BCUT2D eigenvalue weighted by molar-refractivity contribution is 6.16.